The first-order valence-corrected chi connectivity index (χ1v) is 13.8. The Hall–Kier alpha value is -5.12. The molecule has 1 fully saturated rings. The highest BCUT2D eigenvalue weighted by molar-refractivity contribution is 6.09. The van der Waals surface area contributed by atoms with Gasteiger partial charge in [0.15, 0.2) is 11.5 Å². The molecule has 10 nitrogen and oxygen atoms in total. The van der Waals surface area contributed by atoms with E-state index in [2.05, 4.69) is 20.5 Å². The van der Waals surface area contributed by atoms with Crippen molar-refractivity contribution in [3.63, 3.8) is 0 Å². The molecular weight excluding hydrogens is 534 g/mol. The largest absolute Gasteiger partial charge is 0.493 e. The van der Waals surface area contributed by atoms with Crippen LogP contribution in [0.5, 0.6) is 11.5 Å². The number of nitrogens with zero attached hydrogens (tertiary/aromatic N) is 3. The number of nitrogens with one attached hydrogen (secondary N) is 2. The summed E-state index contributed by atoms with van der Waals surface area (Å²) < 4.78 is 12.5. The zero-order valence-electron chi connectivity index (χ0n) is 23.4. The molecule has 1 saturated heterocycles. The van der Waals surface area contributed by atoms with Crippen molar-refractivity contribution in [3.8, 4) is 11.5 Å². The molecule has 214 valence electrons. The summed E-state index contributed by atoms with van der Waals surface area (Å²) in [4.78, 5) is 45.4. The number of amides is 2. The fourth-order valence-electron chi connectivity index (χ4n) is 5.96. The van der Waals surface area contributed by atoms with Crippen LogP contribution in [0.25, 0.3) is 0 Å². The van der Waals surface area contributed by atoms with Crippen molar-refractivity contribution in [2.75, 3.05) is 42.8 Å². The lowest BCUT2D eigenvalue weighted by molar-refractivity contribution is 0.101. The van der Waals surface area contributed by atoms with Crippen LogP contribution >= 0.6 is 0 Å². The minimum atomic E-state index is -0.338. The maximum Gasteiger partial charge on any atom is 0.257 e. The Morgan fingerprint density at radius 3 is 2.48 bits per heavy atom. The van der Waals surface area contributed by atoms with Crippen molar-refractivity contribution in [2.45, 2.75) is 18.9 Å². The van der Waals surface area contributed by atoms with Gasteiger partial charge in [-0.1, -0.05) is 6.07 Å². The highest BCUT2D eigenvalue weighted by atomic mass is 16.5. The monoisotopic (exact) mass is 565 g/mol. The summed E-state index contributed by atoms with van der Waals surface area (Å²) in [7, 11) is 3.08. The number of benzene rings is 2. The maximum absolute atomic E-state index is 13.3. The summed E-state index contributed by atoms with van der Waals surface area (Å²) in [5.74, 6) is 0.853. The van der Waals surface area contributed by atoms with Crippen LogP contribution in [0.3, 0.4) is 0 Å². The Morgan fingerprint density at radius 1 is 0.857 bits per heavy atom. The van der Waals surface area contributed by atoms with Gasteiger partial charge in [-0.25, -0.2) is 0 Å². The molecule has 42 heavy (non-hydrogen) atoms. The average molecular weight is 566 g/mol. The van der Waals surface area contributed by atoms with Gasteiger partial charge in [0.25, 0.3) is 17.4 Å². The molecule has 6 rings (SSSR count). The molecule has 2 atom stereocenters. The number of rotatable bonds is 7. The van der Waals surface area contributed by atoms with E-state index in [0.29, 0.717) is 47.1 Å². The van der Waals surface area contributed by atoms with Gasteiger partial charge in [-0.05, 0) is 60.9 Å². The molecule has 0 spiro atoms. The highest BCUT2D eigenvalue weighted by Crippen LogP contribution is 2.39. The summed E-state index contributed by atoms with van der Waals surface area (Å²) in [6, 6.07) is 19.3. The number of pyridine rings is 2. The molecule has 2 aromatic carbocycles. The molecule has 0 aliphatic carbocycles. The Balaban J connectivity index is 1.31. The maximum atomic E-state index is 13.3. The topological polar surface area (TPSA) is 115 Å². The van der Waals surface area contributed by atoms with Gasteiger partial charge in [-0.15, -0.1) is 0 Å². The number of hydrogen-bond acceptors (Lipinski definition) is 7. The van der Waals surface area contributed by atoms with Crippen molar-refractivity contribution in [1.29, 1.82) is 0 Å². The van der Waals surface area contributed by atoms with Gasteiger partial charge in [0, 0.05) is 67.0 Å². The van der Waals surface area contributed by atoms with E-state index in [0.717, 1.165) is 24.3 Å². The number of aromatic nitrogens is 2. The third-order valence-electron chi connectivity index (χ3n) is 7.89. The quantitative estimate of drug-likeness (QED) is 0.342. The lowest BCUT2D eigenvalue weighted by atomic mass is 9.83. The lowest BCUT2D eigenvalue weighted by Gasteiger charge is -2.44. The standard InChI is InChI=1S/C32H31N5O5/c1-41-28-11-9-24(15-29(28)42-2)34-31(39)21-8-10-27(25(14-21)35-32(40)22-5-4-12-33-16-22)36-17-20-13-23(19-36)26-6-3-7-30(38)37(26)18-20/h3-12,14-16,20,23H,13,17-19H2,1-2H3,(H,34,39)(H,35,40)/t20-,23+/m1/s1. The molecule has 0 saturated carbocycles. The number of hydrogen-bond donors (Lipinski definition) is 2. The minimum Gasteiger partial charge on any atom is -0.493 e. The molecular formula is C32H31N5O5. The molecule has 2 bridgehead atoms. The Kier molecular flexibility index (Phi) is 7.35. The van der Waals surface area contributed by atoms with Crippen LogP contribution in [0.2, 0.25) is 0 Å². The highest BCUT2D eigenvalue weighted by Gasteiger charge is 2.35. The number of piperidine rings is 1. The molecule has 10 heteroatoms. The van der Waals surface area contributed by atoms with Gasteiger partial charge in [0.05, 0.1) is 31.2 Å². The number of anilines is 3. The lowest BCUT2D eigenvalue weighted by Crippen LogP contribution is -2.47. The van der Waals surface area contributed by atoms with Gasteiger partial charge >= 0.3 is 0 Å². The normalized spacial score (nSPS) is 17.1. The first-order valence-electron chi connectivity index (χ1n) is 13.8. The van der Waals surface area contributed by atoms with Gasteiger partial charge in [-0.3, -0.25) is 19.4 Å². The molecule has 4 aromatic rings. The van der Waals surface area contributed by atoms with Crippen molar-refractivity contribution in [3.05, 3.63) is 106 Å². The van der Waals surface area contributed by atoms with Crippen molar-refractivity contribution in [1.82, 2.24) is 9.55 Å². The van der Waals surface area contributed by atoms with Gasteiger partial charge in [-0.2, -0.15) is 0 Å². The van der Waals surface area contributed by atoms with E-state index in [-0.39, 0.29) is 29.2 Å². The van der Waals surface area contributed by atoms with E-state index in [1.54, 1.807) is 61.8 Å². The second-order valence-electron chi connectivity index (χ2n) is 10.6. The van der Waals surface area contributed by atoms with Crippen LogP contribution in [0.15, 0.2) is 83.9 Å². The number of ether oxygens (including phenoxy) is 2. The predicted molar refractivity (Wildman–Crippen MR) is 160 cm³/mol. The Labute approximate surface area is 242 Å². The van der Waals surface area contributed by atoms with Crippen LogP contribution in [0.1, 0.15) is 38.7 Å². The molecule has 2 amide bonds. The van der Waals surface area contributed by atoms with Crippen LogP contribution in [-0.2, 0) is 6.54 Å². The van der Waals surface area contributed by atoms with Crippen LogP contribution in [-0.4, -0.2) is 48.7 Å². The summed E-state index contributed by atoms with van der Waals surface area (Å²) in [5, 5.41) is 5.92. The smallest absolute Gasteiger partial charge is 0.257 e. The molecule has 2 aliphatic heterocycles. The molecule has 4 heterocycles. The third-order valence-corrected chi connectivity index (χ3v) is 7.89. The molecule has 2 aliphatic rings. The first kappa shape index (κ1) is 27.1. The van der Waals surface area contributed by atoms with E-state index < -0.39 is 0 Å². The van der Waals surface area contributed by atoms with E-state index in [4.69, 9.17) is 9.47 Å². The zero-order chi connectivity index (χ0) is 29.2. The Morgan fingerprint density at radius 2 is 1.69 bits per heavy atom. The van der Waals surface area contributed by atoms with Crippen molar-refractivity contribution < 1.29 is 19.1 Å². The first-order chi connectivity index (χ1) is 20.4. The van der Waals surface area contributed by atoms with Crippen molar-refractivity contribution >= 4 is 28.9 Å². The van der Waals surface area contributed by atoms with Crippen LogP contribution < -0.4 is 30.6 Å². The fourth-order valence-corrected chi connectivity index (χ4v) is 5.96. The second kappa shape index (κ2) is 11.4. The molecule has 0 radical (unpaired) electrons. The number of methoxy groups -OCH3 is 2. The summed E-state index contributed by atoms with van der Waals surface area (Å²) in [5.41, 5.74) is 3.74. The van der Waals surface area contributed by atoms with Gasteiger partial charge < -0.3 is 29.6 Å². The van der Waals surface area contributed by atoms with E-state index in [1.165, 1.54) is 13.3 Å². The van der Waals surface area contributed by atoms with Crippen molar-refractivity contribution in [2.24, 2.45) is 5.92 Å². The minimum absolute atomic E-state index is 0.0323. The fraction of sp³-hybridized carbons (Fsp3) is 0.250. The third kappa shape index (κ3) is 5.30. The SMILES string of the molecule is COc1ccc(NC(=O)c2ccc(N3C[C@H]4C[C@@H](C3)c3cccc(=O)n3C4)c(NC(=O)c3cccnc3)c2)cc1OC. The molecule has 2 aromatic heterocycles. The summed E-state index contributed by atoms with van der Waals surface area (Å²) in [6.45, 7) is 2.07. The van der Waals surface area contributed by atoms with E-state index in [9.17, 15) is 14.4 Å². The van der Waals surface area contributed by atoms with E-state index >= 15 is 0 Å². The molecule has 0 unspecified atom stereocenters. The van der Waals surface area contributed by atoms with Gasteiger partial charge in [0.2, 0.25) is 0 Å². The van der Waals surface area contributed by atoms with Crippen LogP contribution in [0.4, 0.5) is 17.1 Å². The zero-order valence-corrected chi connectivity index (χ0v) is 23.4. The summed E-state index contributed by atoms with van der Waals surface area (Å²) >= 11 is 0. The van der Waals surface area contributed by atoms with Crippen LogP contribution in [0, 0.1) is 5.92 Å². The molecule has 2 N–H and O–H groups in total. The summed E-state index contributed by atoms with van der Waals surface area (Å²) in [6.07, 6.45) is 4.11. The van der Waals surface area contributed by atoms with E-state index in [1.807, 2.05) is 22.8 Å². The predicted octanol–water partition coefficient (Wildman–Crippen LogP) is 4.39. The number of carbonyl (C=O) groups is 2. The number of fused-ring (bicyclic) bond motifs is 4. The Bertz CT molecular complexity index is 1700. The van der Waals surface area contributed by atoms with Gasteiger partial charge in [0.1, 0.15) is 0 Å². The second-order valence-corrected chi connectivity index (χ2v) is 10.6. The number of carbonyl (C=O) groups excluding carboxylic acids is 2. The average Bonchev–Trinajstić information content (AvgIpc) is 3.01.